The molecule has 1 atom stereocenters. The van der Waals surface area contributed by atoms with Crippen molar-refractivity contribution in [3.63, 3.8) is 0 Å². The van der Waals surface area contributed by atoms with Gasteiger partial charge < -0.3 is 5.73 Å². The third-order valence-electron chi connectivity index (χ3n) is 3.35. The maximum absolute atomic E-state index is 13.0. The van der Waals surface area contributed by atoms with Crippen LogP contribution in [0.1, 0.15) is 11.6 Å². The van der Waals surface area contributed by atoms with Crippen LogP contribution in [-0.2, 0) is 0 Å². The standard InChI is InChI=1S/C16H14FN.ClH/c17-10-15(18)16-13-7-3-1-5-11(13)9-12-6-2-4-8-14(12)16;/h1-9,15H,10,18H2;1H/t15-;/m1./s1. The van der Waals surface area contributed by atoms with E-state index >= 15 is 0 Å². The summed E-state index contributed by atoms with van der Waals surface area (Å²) in [6.07, 6.45) is 0. The molecule has 0 spiro atoms. The smallest absolute Gasteiger partial charge is 0.109 e. The van der Waals surface area contributed by atoms with Crippen molar-refractivity contribution in [2.45, 2.75) is 6.04 Å². The maximum Gasteiger partial charge on any atom is 0.109 e. The predicted molar refractivity (Wildman–Crippen MR) is 81.6 cm³/mol. The van der Waals surface area contributed by atoms with Gasteiger partial charge in [0.25, 0.3) is 0 Å². The normalized spacial score (nSPS) is 12.3. The first-order valence-corrected chi connectivity index (χ1v) is 6.03. The Balaban J connectivity index is 0.00000133. The van der Waals surface area contributed by atoms with Gasteiger partial charge in [-0.15, -0.1) is 12.4 Å². The molecule has 2 N–H and O–H groups in total. The monoisotopic (exact) mass is 275 g/mol. The van der Waals surface area contributed by atoms with E-state index in [2.05, 4.69) is 6.07 Å². The number of fused-ring (bicyclic) bond motifs is 2. The maximum atomic E-state index is 13.0. The fourth-order valence-electron chi connectivity index (χ4n) is 2.53. The highest BCUT2D eigenvalue weighted by Crippen LogP contribution is 2.31. The summed E-state index contributed by atoms with van der Waals surface area (Å²) < 4.78 is 13.0. The van der Waals surface area contributed by atoms with Crippen molar-refractivity contribution in [1.82, 2.24) is 0 Å². The lowest BCUT2D eigenvalue weighted by Crippen LogP contribution is -2.13. The van der Waals surface area contributed by atoms with E-state index in [0.717, 1.165) is 27.1 Å². The number of benzene rings is 3. The Hall–Kier alpha value is -1.64. The molecule has 0 unspecified atom stereocenters. The molecule has 3 aromatic carbocycles. The SMILES string of the molecule is Cl.N[C@H](CF)c1c2ccccc2cc2ccccc12. The van der Waals surface area contributed by atoms with E-state index in [9.17, 15) is 4.39 Å². The van der Waals surface area contributed by atoms with E-state index in [0.29, 0.717) is 0 Å². The molecular weight excluding hydrogens is 261 g/mol. The van der Waals surface area contributed by atoms with E-state index in [-0.39, 0.29) is 12.4 Å². The molecule has 19 heavy (non-hydrogen) atoms. The third-order valence-corrected chi connectivity index (χ3v) is 3.35. The number of nitrogens with two attached hydrogens (primary N) is 1. The molecule has 0 heterocycles. The summed E-state index contributed by atoms with van der Waals surface area (Å²) >= 11 is 0. The van der Waals surface area contributed by atoms with Gasteiger partial charge in [0.15, 0.2) is 0 Å². The Morgan fingerprint density at radius 3 is 1.84 bits per heavy atom. The molecule has 3 aromatic rings. The summed E-state index contributed by atoms with van der Waals surface area (Å²) in [5, 5.41) is 4.30. The first kappa shape index (κ1) is 13.8. The fourth-order valence-corrected chi connectivity index (χ4v) is 2.53. The summed E-state index contributed by atoms with van der Waals surface area (Å²) in [7, 11) is 0. The molecule has 0 saturated heterocycles. The Morgan fingerprint density at radius 2 is 1.37 bits per heavy atom. The van der Waals surface area contributed by atoms with Crippen molar-refractivity contribution in [2.24, 2.45) is 5.73 Å². The molecule has 0 fully saturated rings. The minimum absolute atomic E-state index is 0. The molecule has 0 aliphatic carbocycles. The first-order chi connectivity index (χ1) is 8.81. The second-order valence-electron chi connectivity index (χ2n) is 4.49. The third kappa shape index (κ3) is 2.29. The molecule has 0 aliphatic rings. The zero-order valence-corrected chi connectivity index (χ0v) is 11.2. The molecular formula is C16H15ClFN. The van der Waals surface area contributed by atoms with Gasteiger partial charge in [-0.2, -0.15) is 0 Å². The van der Waals surface area contributed by atoms with Crippen LogP contribution in [0.2, 0.25) is 0 Å². The molecule has 0 saturated carbocycles. The van der Waals surface area contributed by atoms with Gasteiger partial charge >= 0.3 is 0 Å². The molecule has 1 nitrogen and oxygen atoms in total. The molecule has 98 valence electrons. The molecule has 0 amide bonds. The predicted octanol–water partition coefficient (Wildman–Crippen LogP) is 4.38. The molecule has 0 aliphatic heterocycles. The Kier molecular flexibility index (Phi) is 4.03. The van der Waals surface area contributed by atoms with Crippen molar-refractivity contribution in [1.29, 1.82) is 0 Å². The van der Waals surface area contributed by atoms with Crippen LogP contribution >= 0.6 is 12.4 Å². The largest absolute Gasteiger partial charge is 0.322 e. The van der Waals surface area contributed by atoms with Crippen LogP contribution in [0.3, 0.4) is 0 Å². The lowest BCUT2D eigenvalue weighted by Gasteiger charge is -2.15. The van der Waals surface area contributed by atoms with E-state index in [1.165, 1.54) is 0 Å². The minimum atomic E-state index is -0.569. The second kappa shape index (κ2) is 5.55. The molecule has 3 rings (SSSR count). The van der Waals surface area contributed by atoms with Crippen LogP contribution in [-0.4, -0.2) is 6.67 Å². The highest BCUT2D eigenvalue weighted by molar-refractivity contribution is 6.02. The second-order valence-corrected chi connectivity index (χ2v) is 4.49. The number of hydrogen-bond donors (Lipinski definition) is 1. The quantitative estimate of drug-likeness (QED) is 0.690. The zero-order valence-electron chi connectivity index (χ0n) is 10.3. The number of halogens is 2. The highest BCUT2D eigenvalue weighted by atomic mass is 35.5. The van der Waals surface area contributed by atoms with Crippen LogP contribution in [0, 0.1) is 0 Å². The van der Waals surface area contributed by atoms with Crippen LogP contribution < -0.4 is 5.73 Å². The number of alkyl halides is 1. The summed E-state index contributed by atoms with van der Waals surface area (Å²) in [5.74, 6) is 0. The van der Waals surface area contributed by atoms with E-state index < -0.39 is 12.7 Å². The van der Waals surface area contributed by atoms with Gasteiger partial charge in [-0.3, -0.25) is 0 Å². The average molecular weight is 276 g/mol. The Labute approximate surface area is 117 Å². The Morgan fingerprint density at radius 1 is 0.895 bits per heavy atom. The summed E-state index contributed by atoms with van der Waals surface area (Å²) in [6, 6.07) is 17.5. The lowest BCUT2D eigenvalue weighted by molar-refractivity contribution is 0.440. The summed E-state index contributed by atoms with van der Waals surface area (Å²) in [6.45, 7) is -0.544. The molecule has 0 bridgehead atoms. The van der Waals surface area contributed by atoms with Crippen molar-refractivity contribution >= 4 is 34.0 Å². The Bertz CT molecular complexity index is 657. The van der Waals surface area contributed by atoms with Crippen LogP contribution in [0.5, 0.6) is 0 Å². The van der Waals surface area contributed by atoms with Crippen molar-refractivity contribution in [2.75, 3.05) is 6.67 Å². The number of hydrogen-bond acceptors (Lipinski definition) is 1. The molecule has 0 radical (unpaired) electrons. The average Bonchev–Trinajstić information content (AvgIpc) is 2.44. The van der Waals surface area contributed by atoms with Gasteiger partial charge in [0.2, 0.25) is 0 Å². The van der Waals surface area contributed by atoms with Crippen LogP contribution in [0.15, 0.2) is 54.6 Å². The van der Waals surface area contributed by atoms with Crippen molar-refractivity contribution < 1.29 is 4.39 Å². The first-order valence-electron chi connectivity index (χ1n) is 6.03. The van der Waals surface area contributed by atoms with Crippen LogP contribution in [0.4, 0.5) is 4.39 Å². The van der Waals surface area contributed by atoms with Gasteiger partial charge in [0.05, 0.1) is 6.04 Å². The summed E-state index contributed by atoms with van der Waals surface area (Å²) in [4.78, 5) is 0. The zero-order chi connectivity index (χ0) is 12.5. The fraction of sp³-hybridized carbons (Fsp3) is 0.125. The van der Waals surface area contributed by atoms with Crippen LogP contribution in [0.25, 0.3) is 21.5 Å². The van der Waals surface area contributed by atoms with Gasteiger partial charge in [0, 0.05) is 0 Å². The lowest BCUT2D eigenvalue weighted by atomic mass is 9.93. The van der Waals surface area contributed by atoms with Gasteiger partial charge in [-0.25, -0.2) is 4.39 Å². The minimum Gasteiger partial charge on any atom is -0.322 e. The van der Waals surface area contributed by atoms with Gasteiger partial charge in [-0.05, 0) is 33.2 Å². The van der Waals surface area contributed by atoms with Gasteiger partial charge in [0.1, 0.15) is 6.67 Å². The molecule has 3 heteroatoms. The van der Waals surface area contributed by atoms with Crippen molar-refractivity contribution in [3.8, 4) is 0 Å². The highest BCUT2D eigenvalue weighted by Gasteiger charge is 2.13. The van der Waals surface area contributed by atoms with Crippen molar-refractivity contribution in [3.05, 3.63) is 60.2 Å². The number of rotatable bonds is 2. The molecule has 0 aromatic heterocycles. The van der Waals surface area contributed by atoms with E-state index in [1.807, 2.05) is 48.5 Å². The van der Waals surface area contributed by atoms with E-state index in [1.54, 1.807) is 0 Å². The van der Waals surface area contributed by atoms with Gasteiger partial charge in [-0.1, -0.05) is 48.5 Å². The van der Waals surface area contributed by atoms with E-state index in [4.69, 9.17) is 5.73 Å². The summed E-state index contributed by atoms with van der Waals surface area (Å²) in [5.41, 5.74) is 6.86. The topological polar surface area (TPSA) is 26.0 Å².